The molecule has 1 rings (SSSR count). The molecule has 17 heavy (non-hydrogen) atoms. The number of hydrogen-bond acceptors (Lipinski definition) is 4. The third-order valence-electron chi connectivity index (χ3n) is 2.47. The molecule has 0 amide bonds. The molecule has 96 valence electrons. The van der Waals surface area contributed by atoms with Gasteiger partial charge in [0.2, 0.25) is 0 Å². The van der Waals surface area contributed by atoms with E-state index >= 15 is 0 Å². The van der Waals surface area contributed by atoms with Crippen molar-refractivity contribution in [2.75, 3.05) is 20.3 Å². The third-order valence-corrected chi connectivity index (χ3v) is 2.47. The molecule has 3 N–H and O–H groups in total. The van der Waals surface area contributed by atoms with E-state index in [0.717, 1.165) is 6.07 Å². The minimum absolute atomic E-state index is 0.0992. The fraction of sp³-hybridized carbons (Fsp3) is 0.500. The van der Waals surface area contributed by atoms with Crippen LogP contribution in [0.15, 0.2) is 18.2 Å². The number of nitrogens with one attached hydrogen (secondary N) is 1. The zero-order chi connectivity index (χ0) is 12.8. The summed E-state index contributed by atoms with van der Waals surface area (Å²) in [5, 5.41) is 21.5. The van der Waals surface area contributed by atoms with Gasteiger partial charge in [-0.05, 0) is 13.0 Å². The predicted octanol–water partition coefficient (Wildman–Crippen LogP) is 1.19. The summed E-state index contributed by atoms with van der Waals surface area (Å²) in [6.45, 7) is 2.34. The lowest BCUT2D eigenvalue weighted by Crippen LogP contribution is -2.32. The third kappa shape index (κ3) is 4.30. The topological polar surface area (TPSA) is 61.7 Å². The molecule has 0 saturated heterocycles. The number of methoxy groups -OCH3 is 1. The van der Waals surface area contributed by atoms with Crippen LogP contribution in [-0.2, 0) is 4.74 Å². The van der Waals surface area contributed by atoms with Crippen molar-refractivity contribution in [3.05, 3.63) is 29.6 Å². The zero-order valence-electron chi connectivity index (χ0n) is 9.98. The van der Waals surface area contributed by atoms with E-state index in [0.29, 0.717) is 12.1 Å². The zero-order valence-corrected chi connectivity index (χ0v) is 9.98. The number of rotatable bonds is 6. The lowest BCUT2D eigenvalue weighted by Gasteiger charge is -2.17. The number of benzene rings is 1. The van der Waals surface area contributed by atoms with Crippen LogP contribution in [0.4, 0.5) is 4.39 Å². The van der Waals surface area contributed by atoms with E-state index in [-0.39, 0.29) is 18.4 Å². The summed E-state index contributed by atoms with van der Waals surface area (Å²) in [7, 11) is 1.51. The van der Waals surface area contributed by atoms with E-state index in [9.17, 15) is 9.50 Å². The van der Waals surface area contributed by atoms with Crippen LogP contribution in [0, 0.1) is 5.82 Å². The van der Waals surface area contributed by atoms with Crippen LogP contribution in [0.2, 0.25) is 0 Å². The van der Waals surface area contributed by atoms with Gasteiger partial charge < -0.3 is 20.3 Å². The van der Waals surface area contributed by atoms with Gasteiger partial charge in [0.25, 0.3) is 0 Å². The van der Waals surface area contributed by atoms with Gasteiger partial charge >= 0.3 is 0 Å². The molecule has 0 aliphatic heterocycles. The minimum Gasteiger partial charge on any atom is -0.508 e. The lowest BCUT2D eigenvalue weighted by molar-refractivity contribution is 0.0630. The first-order chi connectivity index (χ1) is 8.04. The molecule has 0 fully saturated rings. The van der Waals surface area contributed by atoms with Crippen LogP contribution in [-0.4, -0.2) is 36.6 Å². The van der Waals surface area contributed by atoms with Gasteiger partial charge in [0, 0.05) is 31.3 Å². The number of ether oxygens (including phenoxy) is 1. The fourth-order valence-electron chi connectivity index (χ4n) is 1.54. The monoisotopic (exact) mass is 243 g/mol. The first kappa shape index (κ1) is 13.9. The number of phenolic OH excluding ortho intramolecular Hbond substituents is 1. The lowest BCUT2D eigenvalue weighted by atomic mass is 10.1. The Morgan fingerprint density at radius 2 is 2.18 bits per heavy atom. The molecule has 0 aromatic heterocycles. The van der Waals surface area contributed by atoms with Gasteiger partial charge in [0.1, 0.15) is 11.6 Å². The van der Waals surface area contributed by atoms with E-state index in [4.69, 9.17) is 9.84 Å². The van der Waals surface area contributed by atoms with Crippen LogP contribution in [0.25, 0.3) is 0 Å². The Morgan fingerprint density at radius 3 is 2.76 bits per heavy atom. The minimum atomic E-state index is -0.623. The fourth-order valence-corrected chi connectivity index (χ4v) is 1.54. The Hall–Kier alpha value is -1.17. The molecule has 1 aromatic carbocycles. The van der Waals surface area contributed by atoms with Gasteiger partial charge in [-0.15, -0.1) is 0 Å². The maximum absolute atomic E-state index is 13.5. The molecule has 0 spiro atoms. The second-order valence-electron chi connectivity index (χ2n) is 3.94. The van der Waals surface area contributed by atoms with E-state index in [1.807, 2.05) is 0 Å². The van der Waals surface area contributed by atoms with E-state index < -0.39 is 11.9 Å². The first-order valence-electron chi connectivity index (χ1n) is 5.43. The van der Waals surface area contributed by atoms with Crippen LogP contribution in [0.5, 0.6) is 5.75 Å². The van der Waals surface area contributed by atoms with Crippen molar-refractivity contribution in [1.82, 2.24) is 5.32 Å². The molecule has 0 aliphatic rings. The molecular formula is C12H18FNO3. The summed E-state index contributed by atoms with van der Waals surface area (Å²) in [5.74, 6) is -0.566. The largest absolute Gasteiger partial charge is 0.508 e. The van der Waals surface area contributed by atoms with E-state index in [1.165, 1.54) is 19.2 Å². The smallest absolute Gasteiger partial charge is 0.131 e. The number of aromatic hydroxyl groups is 1. The maximum atomic E-state index is 13.5. The Kier molecular flexibility index (Phi) is 5.34. The standard InChI is InChI=1S/C12H18FNO3/c1-8(14-6-10(16)7-17-2)11-4-3-9(15)5-12(11)13/h3-5,8,10,14-16H,6-7H2,1-2H3. The second kappa shape index (κ2) is 6.54. The van der Waals surface area contributed by atoms with Crippen molar-refractivity contribution in [2.45, 2.75) is 19.1 Å². The molecule has 1 aromatic rings. The maximum Gasteiger partial charge on any atom is 0.131 e. The Bertz CT molecular complexity index is 360. The molecule has 0 saturated carbocycles. The molecule has 0 bridgehead atoms. The van der Waals surface area contributed by atoms with Crippen molar-refractivity contribution < 1.29 is 19.3 Å². The molecule has 2 atom stereocenters. The Labute approximate surface area is 100 Å². The predicted molar refractivity (Wildman–Crippen MR) is 62.4 cm³/mol. The summed E-state index contributed by atoms with van der Waals surface area (Å²) in [6.07, 6.45) is -0.623. The van der Waals surface area contributed by atoms with Gasteiger partial charge in [-0.2, -0.15) is 0 Å². The summed E-state index contributed by atoms with van der Waals surface area (Å²) in [4.78, 5) is 0. The molecular weight excluding hydrogens is 225 g/mol. The molecule has 4 nitrogen and oxygen atoms in total. The SMILES string of the molecule is COCC(O)CNC(C)c1ccc(O)cc1F. The van der Waals surface area contributed by atoms with Crippen molar-refractivity contribution in [2.24, 2.45) is 0 Å². The summed E-state index contributed by atoms with van der Waals surface area (Å²) < 4.78 is 18.3. The number of phenols is 1. The van der Waals surface area contributed by atoms with Crippen molar-refractivity contribution >= 4 is 0 Å². The summed E-state index contributed by atoms with van der Waals surface area (Å²) in [5.41, 5.74) is 0.451. The highest BCUT2D eigenvalue weighted by molar-refractivity contribution is 5.29. The first-order valence-corrected chi connectivity index (χ1v) is 5.43. The molecule has 0 heterocycles. The van der Waals surface area contributed by atoms with Crippen LogP contribution >= 0.6 is 0 Å². The molecule has 0 radical (unpaired) electrons. The Morgan fingerprint density at radius 1 is 1.47 bits per heavy atom. The number of aliphatic hydroxyl groups is 1. The van der Waals surface area contributed by atoms with Gasteiger partial charge in [-0.1, -0.05) is 6.07 Å². The van der Waals surface area contributed by atoms with Crippen LogP contribution in [0.1, 0.15) is 18.5 Å². The normalized spacial score (nSPS) is 14.6. The second-order valence-corrected chi connectivity index (χ2v) is 3.94. The number of aliphatic hydroxyl groups excluding tert-OH is 1. The van der Waals surface area contributed by atoms with Crippen molar-refractivity contribution in [1.29, 1.82) is 0 Å². The molecule has 5 heteroatoms. The highest BCUT2D eigenvalue weighted by Crippen LogP contribution is 2.20. The molecule has 0 aliphatic carbocycles. The van der Waals surface area contributed by atoms with Crippen LogP contribution < -0.4 is 5.32 Å². The van der Waals surface area contributed by atoms with E-state index in [2.05, 4.69) is 5.32 Å². The number of halogens is 1. The van der Waals surface area contributed by atoms with Gasteiger partial charge in [0.15, 0.2) is 0 Å². The average Bonchev–Trinajstić information content (AvgIpc) is 2.26. The van der Waals surface area contributed by atoms with Gasteiger partial charge in [-0.3, -0.25) is 0 Å². The highest BCUT2D eigenvalue weighted by atomic mass is 19.1. The van der Waals surface area contributed by atoms with Gasteiger partial charge in [-0.25, -0.2) is 4.39 Å². The van der Waals surface area contributed by atoms with Gasteiger partial charge in [0.05, 0.1) is 12.7 Å². The molecule has 2 unspecified atom stereocenters. The highest BCUT2D eigenvalue weighted by Gasteiger charge is 2.12. The van der Waals surface area contributed by atoms with Crippen LogP contribution in [0.3, 0.4) is 0 Å². The van der Waals surface area contributed by atoms with Crippen molar-refractivity contribution in [3.63, 3.8) is 0 Å². The summed E-state index contributed by atoms with van der Waals surface area (Å²) in [6, 6.07) is 3.77. The van der Waals surface area contributed by atoms with E-state index in [1.54, 1.807) is 6.92 Å². The Balaban J connectivity index is 2.54. The average molecular weight is 243 g/mol. The quantitative estimate of drug-likeness (QED) is 0.702. The summed E-state index contributed by atoms with van der Waals surface area (Å²) >= 11 is 0. The van der Waals surface area contributed by atoms with Crippen molar-refractivity contribution in [3.8, 4) is 5.75 Å². The number of hydrogen-bond donors (Lipinski definition) is 3.